The molecule has 1 aliphatic rings. The van der Waals surface area contributed by atoms with Crippen LogP contribution in [0.15, 0.2) is 22.7 Å². The Bertz CT molecular complexity index is 560. The summed E-state index contributed by atoms with van der Waals surface area (Å²) < 4.78 is 0.494. The van der Waals surface area contributed by atoms with E-state index < -0.39 is 5.97 Å². The number of urea groups is 1. The van der Waals surface area contributed by atoms with Gasteiger partial charge >= 0.3 is 12.0 Å². The normalized spacial score (nSPS) is 18.1. The molecule has 5 nitrogen and oxygen atoms in total. The summed E-state index contributed by atoms with van der Waals surface area (Å²) in [6, 6.07) is 4.60. The second-order valence-corrected chi connectivity index (χ2v) is 6.52. The second kappa shape index (κ2) is 6.47. The number of aromatic carboxylic acids is 1. The first-order chi connectivity index (χ1) is 9.88. The van der Waals surface area contributed by atoms with Gasteiger partial charge in [0.1, 0.15) is 0 Å². The van der Waals surface area contributed by atoms with Crippen LogP contribution in [0.5, 0.6) is 0 Å². The number of rotatable bonds is 3. The molecule has 2 rings (SSSR count). The van der Waals surface area contributed by atoms with Gasteiger partial charge < -0.3 is 15.3 Å². The van der Waals surface area contributed by atoms with Crippen molar-refractivity contribution in [3.63, 3.8) is 0 Å². The summed E-state index contributed by atoms with van der Waals surface area (Å²) in [4.78, 5) is 25.1. The first kappa shape index (κ1) is 15.8. The van der Waals surface area contributed by atoms with Gasteiger partial charge in [-0.3, -0.25) is 0 Å². The third-order valence-electron chi connectivity index (χ3n) is 3.90. The lowest BCUT2D eigenvalue weighted by molar-refractivity contribution is 0.0696. The Labute approximate surface area is 132 Å². The van der Waals surface area contributed by atoms with Crippen LogP contribution in [0.4, 0.5) is 10.5 Å². The lowest BCUT2D eigenvalue weighted by Crippen LogP contribution is -2.33. The molecule has 0 radical (unpaired) electrons. The van der Waals surface area contributed by atoms with Gasteiger partial charge in [0.15, 0.2) is 0 Å². The summed E-state index contributed by atoms with van der Waals surface area (Å²) in [6.45, 7) is 5.84. The van der Waals surface area contributed by atoms with Gasteiger partial charge in [-0.2, -0.15) is 0 Å². The van der Waals surface area contributed by atoms with E-state index in [0.29, 0.717) is 22.0 Å². The van der Waals surface area contributed by atoms with Crippen molar-refractivity contribution in [2.24, 2.45) is 11.8 Å². The highest BCUT2D eigenvalue weighted by Gasteiger charge is 2.28. The Hall–Kier alpha value is -1.56. The van der Waals surface area contributed by atoms with Crippen LogP contribution < -0.4 is 5.32 Å². The van der Waals surface area contributed by atoms with Crippen LogP contribution in [0.1, 0.15) is 30.6 Å². The van der Waals surface area contributed by atoms with E-state index >= 15 is 0 Å². The Kier molecular flexibility index (Phi) is 4.88. The zero-order chi connectivity index (χ0) is 15.6. The molecule has 1 atom stereocenters. The van der Waals surface area contributed by atoms with Gasteiger partial charge in [0, 0.05) is 23.2 Å². The van der Waals surface area contributed by atoms with Crippen molar-refractivity contribution in [1.82, 2.24) is 4.90 Å². The van der Waals surface area contributed by atoms with E-state index in [1.807, 2.05) is 0 Å². The Balaban J connectivity index is 2.04. The molecule has 1 unspecified atom stereocenters. The molecule has 1 saturated heterocycles. The van der Waals surface area contributed by atoms with Gasteiger partial charge in [0.05, 0.1) is 5.56 Å². The number of likely N-dealkylation sites (tertiary alicyclic amines) is 1. The highest BCUT2D eigenvalue weighted by Crippen LogP contribution is 2.25. The van der Waals surface area contributed by atoms with Gasteiger partial charge in [-0.05, 0) is 52.4 Å². The number of amides is 2. The quantitative estimate of drug-likeness (QED) is 0.869. The molecule has 1 heterocycles. The SMILES string of the molecule is CC(C)C1CCN(C(=O)Nc2ccc(Br)c(C(=O)O)c2)C1. The van der Waals surface area contributed by atoms with E-state index in [4.69, 9.17) is 5.11 Å². The molecule has 2 N–H and O–H groups in total. The van der Waals surface area contributed by atoms with E-state index in [-0.39, 0.29) is 11.6 Å². The molecule has 1 fully saturated rings. The van der Waals surface area contributed by atoms with Crippen LogP contribution >= 0.6 is 15.9 Å². The molecule has 1 aromatic rings. The summed E-state index contributed by atoms with van der Waals surface area (Å²) in [5.41, 5.74) is 0.628. The van der Waals surface area contributed by atoms with Crippen molar-refractivity contribution >= 4 is 33.6 Å². The number of hydrogen-bond donors (Lipinski definition) is 2. The molecule has 2 amide bonds. The lowest BCUT2D eigenvalue weighted by atomic mass is 9.95. The van der Waals surface area contributed by atoms with Gasteiger partial charge in [0.25, 0.3) is 0 Å². The topological polar surface area (TPSA) is 69.6 Å². The third-order valence-corrected chi connectivity index (χ3v) is 4.59. The number of halogens is 1. The van der Waals surface area contributed by atoms with Gasteiger partial charge in [-0.25, -0.2) is 9.59 Å². The van der Waals surface area contributed by atoms with E-state index in [0.717, 1.165) is 19.5 Å². The number of carboxylic acids is 1. The molecule has 0 aromatic heterocycles. The molecule has 21 heavy (non-hydrogen) atoms. The average molecular weight is 355 g/mol. The first-order valence-corrected chi connectivity index (χ1v) is 7.76. The van der Waals surface area contributed by atoms with Crippen molar-refractivity contribution in [1.29, 1.82) is 0 Å². The van der Waals surface area contributed by atoms with Crippen LogP contribution in [0.3, 0.4) is 0 Å². The summed E-state index contributed by atoms with van der Waals surface area (Å²) in [7, 11) is 0. The lowest BCUT2D eigenvalue weighted by Gasteiger charge is -2.19. The molecule has 6 heteroatoms. The van der Waals surface area contributed by atoms with E-state index in [1.54, 1.807) is 17.0 Å². The Morgan fingerprint density at radius 2 is 2.14 bits per heavy atom. The molecule has 0 aliphatic carbocycles. The number of benzene rings is 1. The molecule has 114 valence electrons. The standard InChI is InChI=1S/C15H19BrN2O3/c1-9(2)10-5-6-18(8-10)15(21)17-11-3-4-13(16)12(7-11)14(19)20/h3-4,7,9-10H,5-6,8H2,1-2H3,(H,17,21)(H,19,20). The number of nitrogens with zero attached hydrogens (tertiary/aromatic N) is 1. The van der Waals surface area contributed by atoms with Crippen molar-refractivity contribution in [2.75, 3.05) is 18.4 Å². The minimum atomic E-state index is -1.03. The van der Waals surface area contributed by atoms with Crippen LogP contribution in [0, 0.1) is 11.8 Å². The van der Waals surface area contributed by atoms with Crippen LogP contribution in [-0.2, 0) is 0 Å². The van der Waals surface area contributed by atoms with Gasteiger partial charge in [-0.1, -0.05) is 13.8 Å². The van der Waals surface area contributed by atoms with Crippen molar-refractivity contribution in [2.45, 2.75) is 20.3 Å². The van der Waals surface area contributed by atoms with Crippen LogP contribution in [-0.4, -0.2) is 35.1 Å². The zero-order valence-corrected chi connectivity index (χ0v) is 13.7. The molecular formula is C15H19BrN2O3. The van der Waals surface area contributed by atoms with E-state index in [9.17, 15) is 9.59 Å². The number of anilines is 1. The summed E-state index contributed by atoms with van der Waals surface area (Å²) >= 11 is 3.18. The first-order valence-electron chi connectivity index (χ1n) is 6.97. The van der Waals surface area contributed by atoms with Crippen molar-refractivity contribution < 1.29 is 14.7 Å². The number of hydrogen-bond acceptors (Lipinski definition) is 2. The maximum Gasteiger partial charge on any atom is 0.336 e. The highest BCUT2D eigenvalue weighted by molar-refractivity contribution is 9.10. The predicted octanol–water partition coefficient (Wildman–Crippen LogP) is 3.66. The van der Waals surface area contributed by atoms with Crippen LogP contribution in [0.25, 0.3) is 0 Å². The second-order valence-electron chi connectivity index (χ2n) is 5.67. The molecule has 1 aliphatic heterocycles. The number of carbonyl (C=O) groups is 2. The minimum absolute atomic E-state index is 0.134. The molecule has 0 bridgehead atoms. The molecule has 1 aromatic carbocycles. The van der Waals surface area contributed by atoms with Gasteiger partial charge in [0.2, 0.25) is 0 Å². The maximum absolute atomic E-state index is 12.2. The van der Waals surface area contributed by atoms with E-state index in [1.165, 1.54) is 6.07 Å². The number of carbonyl (C=O) groups excluding carboxylic acids is 1. The molecular weight excluding hydrogens is 336 g/mol. The number of nitrogens with one attached hydrogen (secondary N) is 1. The Morgan fingerprint density at radius 3 is 2.71 bits per heavy atom. The predicted molar refractivity (Wildman–Crippen MR) is 84.6 cm³/mol. The van der Waals surface area contributed by atoms with E-state index in [2.05, 4.69) is 35.1 Å². The van der Waals surface area contributed by atoms with Crippen molar-refractivity contribution in [3.05, 3.63) is 28.2 Å². The summed E-state index contributed by atoms with van der Waals surface area (Å²) in [5, 5.41) is 11.8. The highest BCUT2D eigenvalue weighted by atomic mass is 79.9. The smallest absolute Gasteiger partial charge is 0.336 e. The minimum Gasteiger partial charge on any atom is -0.478 e. The average Bonchev–Trinajstić information content (AvgIpc) is 2.90. The van der Waals surface area contributed by atoms with Gasteiger partial charge in [-0.15, -0.1) is 0 Å². The van der Waals surface area contributed by atoms with Crippen molar-refractivity contribution in [3.8, 4) is 0 Å². The molecule has 0 saturated carbocycles. The Morgan fingerprint density at radius 1 is 1.43 bits per heavy atom. The van der Waals surface area contributed by atoms with Crippen LogP contribution in [0.2, 0.25) is 0 Å². The monoisotopic (exact) mass is 354 g/mol. The third kappa shape index (κ3) is 3.75. The number of carboxylic acid groups (broad SMARTS) is 1. The fourth-order valence-electron chi connectivity index (χ4n) is 2.49. The summed E-state index contributed by atoms with van der Waals surface area (Å²) in [6.07, 6.45) is 1.02. The fraction of sp³-hybridized carbons (Fsp3) is 0.467. The zero-order valence-electron chi connectivity index (χ0n) is 12.1. The fourth-order valence-corrected chi connectivity index (χ4v) is 2.90. The largest absolute Gasteiger partial charge is 0.478 e. The molecule has 0 spiro atoms. The summed E-state index contributed by atoms with van der Waals surface area (Å²) in [5.74, 6) is 0.0726. The maximum atomic E-state index is 12.2.